The molecule has 0 radical (unpaired) electrons. The van der Waals surface area contributed by atoms with Crippen LogP contribution in [0.3, 0.4) is 0 Å². The number of fused-ring (bicyclic) bond motifs is 1. The fourth-order valence-corrected chi connectivity index (χ4v) is 1.98. The molecule has 1 aromatic heterocycles. The number of carbonyl (C=O) groups is 1. The van der Waals surface area contributed by atoms with Crippen LogP contribution in [0.4, 0.5) is 0 Å². The second kappa shape index (κ2) is 4.28. The standard InChI is InChI=1S/C16H12O3/c1-10-2-4-11(5-3-10)16(18)15-8-12-6-7-13(17)9-14(12)19-15/h2-9,17H,1H3. The Labute approximate surface area is 110 Å². The molecule has 19 heavy (non-hydrogen) atoms. The minimum absolute atomic E-state index is 0.121. The summed E-state index contributed by atoms with van der Waals surface area (Å²) in [4.78, 5) is 12.3. The quantitative estimate of drug-likeness (QED) is 0.708. The highest BCUT2D eigenvalue weighted by molar-refractivity contribution is 6.09. The lowest BCUT2D eigenvalue weighted by molar-refractivity contribution is 0.101. The molecule has 1 N–H and O–H groups in total. The Morgan fingerprint density at radius 3 is 2.53 bits per heavy atom. The summed E-state index contributed by atoms with van der Waals surface area (Å²) in [5, 5.41) is 10.2. The maximum Gasteiger partial charge on any atom is 0.228 e. The van der Waals surface area contributed by atoms with Crippen molar-refractivity contribution < 1.29 is 14.3 Å². The van der Waals surface area contributed by atoms with Gasteiger partial charge in [-0.25, -0.2) is 0 Å². The minimum Gasteiger partial charge on any atom is -0.508 e. The molecule has 3 rings (SSSR count). The Morgan fingerprint density at radius 1 is 1.05 bits per heavy atom. The second-order valence-corrected chi connectivity index (χ2v) is 4.53. The molecular formula is C16H12O3. The number of benzene rings is 2. The average molecular weight is 252 g/mol. The molecule has 0 atom stereocenters. The van der Waals surface area contributed by atoms with E-state index in [0.29, 0.717) is 11.1 Å². The molecule has 0 aliphatic heterocycles. The maximum atomic E-state index is 12.3. The Hall–Kier alpha value is -2.55. The first-order valence-electron chi connectivity index (χ1n) is 5.97. The van der Waals surface area contributed by atoms with Crippen molar-refractivity contribution in [2.45, 2.75) is 6.92 Å². The largest absolute Gasteiger partial charge is 0.508 e. The van der Waals surface area contributed by atoms with Gasteiger partial charge in [0.15, 0.2) is 5.76 Å². The Bertz CT molecular complexity index is 751. The summed E-state index contributed by atoms with van der Waals surface area (Å²) in [7, 11) is 0. The number of carbonyl (C=O) groups excluding carboxylic acids is 1. The summed E-state index contributed by atoms with van der Waals surface area (Å²) >= 11 is 0. The summed E-state index contributed by atoms with van der Waals surface area (Å²) in [5.74, 6) is 0.247. The number of furan rings is 1. The Balaban J connectivity index is 2.04. The molecule has 2 aromatic carbocycles. The van der Waals surface area contributed by atoms with E-state index in [1.807, 2.05) is 19.1 Å². The number of phenols is 1. The fraction of sp³-hybridized carbons (Fsp3) is 0.0625. The van der Waals surface area contributed by atoms with E-state index in [2.05, 4.69) is 0 Å². The highest BCUT2D eigenvalue weighted by Crippen LogP contribution is 2.25. The van der Waals surface area contributed by atoms with Gasteiger partial charge in [-0.15, -0.1) is 0 Å². The summed E-state index contributed by atoms with van der Waals surface area (Å²) in [6.45, 7) is 1.97. The van der Waals surface area contributed by atoms with Gasteiger partial charge in [-0.1, -0.05) is 29.8 Å². The van der Waals surface area contributed by atoms with E-state index in [1.165, 1.54) is 6.07 Å². The minimum atomic E-state index is -0.157. The number of hydrogen-bond acceptors (Lipinski definition) is 3. The normalized spacial score (nSPS) is 10.8. The van der Waals surface area contributed by atoms with Crippen LogP contribution in [-0.4, -0.2) is 10.9 Å². The van der Waals surface area contributed by atoms with Crippen molar-refractivity contribution >= 4 is 16.8 Å². The molecule has 0 aliphatic carbocycles. The van der Waals surface area contributed by atoms with Gasteiger partial charge >= 0.3 is 0 Å². The zero-order valence-corrected chi connectivity index (χ0v) is 10.4. The van der Waals surface area contributed by atoms with E-state index in [1.54, 1.807) is 30.3 Å². The van der Waals surface area contributed by atoms with Gasteiger partial charge in [-0.3, -0.25) is 4.79 Å². The van der Waals surface area contributed by atoms with E-state index in [4.69, 9.17) is 4.42 Å². The molecule has 0 saturated carbocycles. The van der Waals surface area contributed by atoms with E-state index in [9.17, 15) is 9.90 Å². The number of aryl methyl sites for hydroxylation is 1. The van der Waals surface area contributed by atoms with Gasteiger partial charge in [-0.05, 0) is 25.1 Å². The number of phenolic OH excluding ortho intramolecular Hbond substituents is 1. The van der Waals surface area contributed by atoms with Crippen molar-refractivity contribution in [2.75, 3.05) is 0 Å². The van der Waals surface area contributed by atoms with E-state index in [0.717, 1.165) is 10.9 Å². The molecule has 1 heterocycles. The van der Waals surface area contributed by atoms with Crippen LogP contribution in [0.5, 0.6) is 5.75 Å². The average Bonchev–Trinajstić information content (AvgIpc) is 2.81. The van der Waals surface area contributed by atoms with Gasteiger partial charge < -0.3 is 9.52 Å². The lowest BCUT2D eigenvalue weighted by Crippen LogP contribution is -1.98. The lowest BCUT2D eigenvalue weighted by Gasteiger charge is -1.97. The smallest absolute Gasteiger partial charge is 0.228 e. The highest BCUT2D eigenvalue weighted by Gasteiger charge is 2.14. The zero-order chi connectivity index (χ0) is 13.4. The van der Waals surface area contributed by atoms with Crippen molar-refractivity contribution in [3.63, 3.8) is 0 Å². The predicted octanol–water partition coefficient (Wildman–Crippen LogP) is 3.68. The molecule has 0 amide bonds. The molecule has 3 nitrogen and oxygen atoms in total. The van der Waals surface area contributed by atoms with E-state index < -0.39 is 0 Å². The van der Waals surface area contributed by atoms with Crippen molar-refractivity contribution in [3.05, 3.63) is 65.4 Å². The zero-order valence-electron chi connectivity index (χ0n) is 10.4. The first-order valence-corrected chi connectivity index (χ1v) is 5.97. The monoisotopic (exact) mass is 252 g/mol. The summed E-state index contributed by atoms with van der Waals surface area (Å²) in [6.07, 6.45) is 0. The molecule has 0 spiro atoms. The lowest BCUT2D eigenvalue weighted by atomic mass is 10.1. The number of aromatic hydroxyl groups is 1. The molecule has 0 unspecified atom stereocenters. The van der Waals surface area contributed by atoms with Crippen LogP contribution in [0, 0.1) is 6.92 Å². The summed E-state index contributed by atoms with van der Waals surface area (Å²) in [5.41, 5.74) is 2.20. The Morgan fingerprint density at radius 2 is 1.79 bits per heavy atom. The van der Waals surface area contributed by atoms with Gasteiger partial charge in [0.05, 0.1) is 0 Å². The van der Waals surface area contributed by atoms with Crippen molar-refractivity contribution in [1.82, 2.24) is 0 Å². The SMILES string of the molecule is Cc1ccc(C(=O)c2cc3ccc(O)cc3o2)cc1. The van der Waals surface area contributed by atoms with Gasteiger partial charge in [-0.2, -0.15) is 0 Å². The summed E-state index contributed by atoms with van der Waals surface area (Å²) in [6, 6.07) is 13.8. The molecular weight excluding hydrogens is 240 g/mol. The van der Waals surface area contributed by atoms with Gasteiger partial charge in [0.2, 0.25) is 5.78 Å². The van der Waals surface area contributed by atoms with Crippen LogP contribution < -0.4 is 0 Å². The third kappa shape index (κ3) is 2.10. The van der Waals surface area contributed by atoms with Crippen LogP contribution in [-0.2, 0) is 0 Å². The fourth-order valence-electron chi connectivity index (χ4n) is 1.98. The predicted molar refractivity (Wildman–Crippen MR) is 72.5 cm³/mol. The molecule has 94 valence electrons. The maximum absolute atomic E-state index is 12.3. The van der Waals surface area contributed by atoms with Crippen molar-refractivity contribution in [2.24, 2.45) is 0 Å². The third-order valence-electron chi connectivity index (χ3n) is 3.04. The van der Waals surface area contributed by atoms with Gasteiger partial charge in [0.25, 0.3) is 0 Å². The molecule has 0 aliphatic rings. The van der Waals surface area contributed by atoms with Crippen molar-refractivity contribution in [1.29, 1.82) is 0 Å². The van der Waals surface area contributed by atoms with Crippen molar-refractivity contribution in [3.8, 4) is 5.75 Å². The number of rotatable bonds is 2. The second-order valence-electron chi connectivity index (χ2n) is 4.53. The van der Waals surface area contributed by atoms with E-state index in [-0.39, 0.29) is 17.3 Å². The van der Waals surface area contributed by atoms with Crippen LogP contribution in [0.1, 0.15) is 21.7 Å². The van der Waals surface area contributed by atoms with Crippen LogP contribution in [0.25, 0.3) is 11.0 Å². The first-order chi connectivity index (χ1) is 9.13. The van der Waals surface area contributed by atoms with Crippen LogP contribution in [0.2, 0.25) is 0 Å². The number of hydrogen-bond donors (Lipinski definition) is 1. The van der Waals surface area contributed by atoms with Crippen LogP contribution in [0.15, 0.2) is 52.9 Å². The van der Waals surface area contributed by atoms with E-state index >= 15 is 0 Å². The number of ketones is 1. The molecule has 0 saturated heterocycles. The third-order valence-corrected chi connectivity index (χ3v) is 3.04. The van der Waals surface area contributed by atoms with Gasteiger partial charge in [0, 0.05) is 17.0 Å². The summed E-state index contributed by atoms with van der Waals surface area (Å²) < 4.78 is 5.49. The first kappa shape index (κ1) is 11.5. The molecule has 3 aromatic rings. The topological polar surface area (TPSA) is 50.4 Å². The molecule has 0 bridgehead atoms. The van der Waals surface area contributed by atoms with Gasteiger partial charge in [0.1, 0.15) is 11.3 Å². The Kier molecular flexibility index (Phi) is 2.60. The highest BCUT2D eigenvalue weighted by atomic mass is 16.3. The van der Waals surface area contributed by atoms with Crippen LogP contribution >= 0.6 is 0 Å². The molecule has 3 heteroatoms. The molecule has 0 fully saturated rings.